The molecular weight excluding hydrogens is 456 g/mol. The first kappa shape index (κ1) is 23.8. The van der Waals surface area contributed by atoms with Crippen molar-refractivity contribution in [1.82, 2.24) is 14.9 Å². The third-order valence-electron chi connectivity index (χ3n) is 7.42. The van der Waals surface area contributed by atoms with E-state index in [0.29, 0.717) is 23.2 Å². The lowest BCUT2D eigenvalue weighted by atomic mass is 9.87. The number of ketones is 1. The number of nitrogens with one attached hydrogen (secondary N) is 1. The molecule has 2 aliphatic rings. The van der Waals surface area contributed by atoms with Crippen LogP contribution in [0.3, 0.4) is 0 Å². The zero-order valence-electron chi connectivity index (χ0n) is 20.4. The third kappa shape index (κ3) is 4.64. The minimum Gasteiger partial charge on any atom is -0.481 e. The van der Waals surface area contributed by atoms with Gasteiger partial charge in [-0.05, 0) is 56.3 Å². The molecule has 3 heterocycles. The number of aliphatic carboxylic acids is 1. The summed E-state index contributed by atoms with van der Waals surface area (Å²) in [7, 11) is 1.99. The predicted molar refractivity (Wildman–Crippen MR) is 138 cm³/mol. The van der Waals surface area contributed by atoms with Gasteiger partial charge in [0, 0.05) is 67.5 Å². The Kier molecular flexibility index (Phi) is 6.61. The van der Waals surface area contributed by atoms with Gasteiger partial charge in [-0.25, -0.2) is 4.98 Å². The topological polar surface area (TPSA) is 114 Å². The number of nitrogens with zero attached hydrogens (tertiary/aromatic N) is 5. The highest BCUT2D eigenvalue weighted by atomic mass is 16.4. The molecule has 9 heteroatoms. The van der Waals surface area contributed by atoms with Crippen molar-refractivity contribution in [1.29, 1.82) is 5.26 Å². The lowest BCUT2D eigenvalue weighted by molar-refractivity contribution is -0.136. The maximum absolute atomic E-state index is 12.2. The fourth-order valence-corrected chi connectivity index (χ4v) is 5.13. The van der Waals surface area contributed by atoms with Gasteiger partial charge in [0.05, 0.1) is 12.0 Å². The molecule has 0 spiro atoms. The number of carboxylic acids is 1. The fraction of sp³-hybridized carbons (Fsp3) is 0.407. The Hall–Kier alpha value is -3.90. The second-order valence-corrected chi connectivity index (χ2v) is 9.55. The summed E-state index contributed by atoms with van der Waals surface area (Å²) in [5.74, 6) is -0.187. The maximum atomic E-state index is 12.2. The van der Waals surface area contributed by atoms with Crippen LogP contribution in [0.1, 0.15) is 47.6 Å². The molecule has 2 aromatic heterocycles. The average molecular weight is 487 g/mol. The van der Waals surface area contributed by atoms with Crippen molar-refractivity contribution in [2.45, 2.75) is 37.8 Å². The number of carbonyl (C=O) groups is 2. The zero-order chi connectivity index (χ0) is 25.2. The Morgan fingerprint density at radius 2 is 1.75 bits per heavy atom. The van der Waals surface area contributed by atoms with Crippen molar-refractivity contribution in [3.8, 4) is 6.07 Å². The summed E-state index contributed by atoms with van der Waals surface area (Å²) in [4.78, 5) is 32.4. The van der Waals surface area contributed by atoms with Gasteiger partial charge < -0.3 is 24.8 Å². The van der Waals surface area contributed by atoms with E-state index in [9.17, 15) is 14.9 Å². The molecule has 1 saturated heterocycles. The van der Waals surface area contributed by atoms with Crippen LogP contribution in [0.4, 0.5) is 11.5 Å². The molecule has 1 aliphatic heterocycles. The van der Waals surface area contributed by atoms with Crippen LogP contribution in [-0.2, 0) is 4.79 Å². The highest BCUT2D eigenvalue weighted by molar-refractivity contribution is 5.97. The van der Waals surface area contributed by atoms with E-state index in [1.807, 2.05) is 37.5 Å². The van der Waals surface area contributed by atoms with E-state index in [1.54, 1.807) is 12.1 Å². The van der Waals surface area contributed by atoms with Crippen LogP contribution in [0.25, 0.3) is 11.0 Å². The SMILES string of the molecule is CN[C@H]1C[C@H](n2cc(C#N)c3ccc(N4CCN(c5ccc(C(=O)CCC(=O)O)cc5)CC4)nc32)C1. The highest BCUT2D eigenvalue weighted by Crippen LogP contribution is 2.36. The van der Waals surface area contributed by atoms with Gasteiger partial charge in [0.25, 0.3) is 0 Å². The molecule has 1 aliphatic carbocycles. The minimum absolute atomic E-state index is 0.0146. The molecule has 0 radical (unpaired) electrons. The number of Topliss-reactive ketones (excluding diaryl/α,β-unsaturated/α-hetero) is 1. The van der Waals surface area contributed by atoms with Crippen LogP contribution in [0.2, 0.25) is 0 Å². The van der Waals surface area contributed by atoms with Gasteiger partial charge in [0.2, 0.25) is 0 Å². The fourth-order valence-electron chi connectivity index (χ4n) is 5.13. The second kappa shape index (κ2) is 9.99. The number of carboxylic acid groups (broad SMARTS) is 1. The molecular formula is C27H30N6O3. The third-order valence-corrected chi connectivity index (χ3v) is 7.42. The van der Waals surface area contributed by atoms with Crippen LogP contribution in [-0.4, -0.2) is 65.7 Å². The second-order valence-electron chi connectivity index (χ2n) is 9.55. The number of rotatable bonds is 8. The highest BCUT2D eigenvalue weighted by Gasteiger charge is 2.31. The van der Waals surface area contributed by atoms with Gasteiger partial charge >= 0.3 is 5.97 Å². The van der Waals surface area contributed by atoms with Crippen molar-refractivity contribution in [2.24, 2.45) is 0 Å². The molecule has 2 fully saturated rings. The number of nitriles is 1. The van der Waals surface area contributed by atoms with Gasteiger partial charge in [-0.1, -0.05) is 0 Å². The largest absolute Gasteiger partial charge is 0.481 e. The van der Waals surface area contributed by atoms with Crippen molar-refractivity contribution in [2.75, 3.05) is 43.0 Å². The first-order valence-electron chi connectivity index (χ1n) is 12.4. The molecule has 3 aromatic rings. The van der Waals surface area contributed by atoms with E-state index in [-0.39, 0.29) is 18.6 Å². The normalized spacial score (nSPS) is 19.7. The number of piperazine rings is 1. The Bertz CT molecular complexity index is 1310. The number of pyridine rings is 1. The number of carbonyl (C=O) groups excluding carboxylic acids is 1. The molecule has 1 aromatic carbocycles. The minimum atomic E-state index is -0.962. The van der Waals surface area contributed by atoms with E-state index in [2.05, 4.69) is 25.8 Å². The predicted octanol–water partition coefficient (Wildman–Crippen LogP) is 3.20. The van der Waals surface area contributed by atoms with Crippen LogP contribution in [0.15, 0.2) is 42.6 Å². The number of hydrogen-bond donors (Lipinski definition) is 2. The van der Waals surface area contributed by atoms with Crippen molar-refractivity contribution in [3.05, 3.63) is 53.7 Å². The number of aromatic nitrogens is 2. The van der Waals surface area contributed by atoms with E-state index in [1.165, 1.54) is 0 Å². The first-order chi connectivity index (χ1) is 17.5. The van der Waals surface area contributed by atoms with Crippen LogP contribution < -0.4 is 15.1 Å². The molecule has 0 amide bonds. The molecule has 5 rings (SSSR count). The number of benzene rings is 1. The number of anilines is 2. The summed E-state index contributed by atoms with van der Waals surface area (Å²) in [5.41, 5.74) is 3.15. The summed E-state index contributed by atoms with van der Waals surface area (Å²) in [5, 5.41) is 22.6. The monoisotopic (exact) mass is 486 g/mol. The lowest BCUT2D eigenvalue weighted by Gasteiger charge is -2.37. The van der Waals surface area contributed by atoms with Crippen LogP contribution >= 0.6 is 0 Å². The van der Waals surface area contributed by atoms with Gasteiger partial charge in [-0.15, -0.1) is 0 Å². The average Bonchev–Trinajstić information content (AvgIpc) is 3.24. The van der Waals surface area contributed by atoms with Gasteiger partial charge in [0.15, 0.2) is 5.78 Å². The van der Waals surface area contributed by atoms with E-state index in [4.69, 9.17) is 10.1 Å². The van der Waals surface area contributed by atoms with E-state index in [0.717, 1.165) is 61.6 Å². The Morgan fingerprint density at radius 1 is 1.06 bits per heavy atom. The molecule has 0 atom stereocenters. The summed E-state index contributed by atoms with van der Waals surface area (Å²) in [6.07, 6.45) is 3.90. The molecule has 9 nitrogen and oxygen atoms in total. The molecule has 0 unspecified atom stereocenters. The Labute approximate surface area is 209 Å². The van der Waals surface area contributed by atoms with Gasteiger partial charge in [-0.3, -0.25) is 9.59 Å². The maximum Gasteiger partial charge on any atom is 0.303 e. The molecule has 186 valence electrons. The van der Waals surface area contributed by atoms with Gasteiger partial charge in [0.1, 0.15) is 17.5 Å². The Balaban J connectivity index is 1.25. The lowest BCUT2D eigenvalue weighted by Crippen LogP contribution is -2.46. The summed E-state index contributed by atoms with van der Waals surface area (Å²) < 4.78 is 2.18. The molecule has 2 N–H and O–H groups in total. The van der Waals surface area contributed by atoms with E-state index >= 15 is 0 Å². The summed E-state index contributed by atoms with van der Waals surface area (Å²) >= 11 is 0. The number of fused-ring (bicyclic) bond motifs is 1. The molecule has 1 saturated carbocycles. The quantitative estimate of drug-likeness (QED) is 0.467. The van der Waals surface area contributed by atoms with Crippen LogP contribution in [0.5, 0.6) is 0 Å². The molecule has 0 bridgehead atoms. The standard InChI is InChI=1S/C27H30N6O3/c1-29-20-14-22(15-20)33-17-19(16-28)23-6-8-25(30-27(23)33)32-12-10-31(11-13-32)21-4-2-18(3-5-21)24(34)7-9-26(35)36/h2-6,8,17,20,22,29H,7,9-15H2,1H3,(H,35,36)/t20-,22-. The van der Waals surface area contributed by atoms with E-state index < -0.39 is 5.97 Å². The summed E-state index contributed by atoms with van der Waals surface area (Å²) in [6, 6.07) is 14.7. The van der Waals surface area contributed by atoms with Crippen LogP contribution in [0, 0.1) is 11.3 Å². The summed E-state index contributed by atoms with van der Waals surface area (Å²) in [6.45, 7) is 3.27. The Morgan fingerprint density at radius 3 is 2.39 bits per heavy atom. The molecule has 36 heavy (non-hydrogen) atoms. The first-order valence-corrected chi connectivity index (χ1v) is 12.4. The van der Waals surface area contributed by atoms with Crippen molar-refractivity contribution >= 4 is 34.3 Å². The number of hydrogen-bond acceptors (Lipinski definition) is 7. The zero-order valence-corrected chi connectivity index (χ0v) is 20.4. The smallest absolute Gasteiger partial charge is 0.303 e. The van der Waals surface area contributed by atoms with Crippen molar-refractivity contribution in [3.63, 3.8) is 0 Å². The van der Waals surface area contributed by atoms with Gasteiger partial charge in [-0.2, -0.15) is 5.26 Å². The van der Waals surface area contributed by atoms with Crippen molar-refractivity contribution < 1.29 is 14.7 Å².